The van der Waals surface area contributed by atoms with Gasteiger partial charge in [-0.1, -0.05) is 11.6 Å². The second-order valence-electron chi connectivity index (χ2n) is 7.39. The van der Waals surface area contributed by atoms with Crippen LogP contribution in [0.2, 0.25) is 5.02 Å². The monoisotopic (exact) mass is 441 g/mol. The summed E-state index contributed by atoms with van der Waals surface area (Å²) in [4.78, 5) is 23.2. The van der Waals surface area contributed by atoms with Gasteiger partial charge in [-0.2, -0.15) is 4.98 Å². The summed E-state index contributed by atoms with van der Waals surface area (Å²) in [7, 11) is 3.92. The van der Waals surface area contributed by atoms with E-state index in [9.17, 15) is 9.18 Å². The molecule has 0 bridgehead atoms. The molecule has 158 valence electrons. The van der Waals surface area contributed by atoms with E-state index in [1.54, 1.807) is 0 Å². The first-order valence-electron chi connectivity index (χ1n) is 9.37. The number of aromatic nitrogens is 2. The zero-order valence-electron chi connectivity index (χ0n) is 16.7. The van der Waals surface area contributed by atoms with Gasteiger partial charge in [-0.05, 0) is 50.8 Å². The highest BCUT2D eigenvalue weighted by Crippen LogP contribution is 2.23. The zero-order chi connectivity index (χ0) is 20.3. The van der Waals surface area contributed by atoms with E-state index in [2.05, 4.69) is 20.6 Å². The van der Waals surface area contributed by atoms with E-state index in [-0.39, 0.29) is 41.0 Å². The molecule has 29 heavy (non-hydrogen) atoms. The maximum atomic E-state index is 13.5. The van der Waals surface area contributed by atoms with Crippen LogP contribution in [-0.4, -0.2) is 42.1 Å². The number of amides is 1. The summed E-state index contributed by atoms with van der Waals surface area (Å²) in [6.45, 7) is 1.99. The summed E-state index contributed by atoms with van der Waals surface area (Å²) >= 11 is 5.67. The van der Waals surface area contributed by atoms with Gasteiger partial charge in [-0.3, -0.25) is 4.79 Å². The van der Waals surface area contributed by atoms with E-state index in [1.807, 2.05) is 32.1 Å². The molecule has 0 saturated heterocycles. The first-order valence-corrected chi connectivity index (χ1v) is 9.74. The molecule has 0 spiro atoms. The Bertz CT molecular complexity index is 857. The zero-order valence-corrected chi connectivity index (χ0v) is 18.3. The minimum atomic E-state index is -0.586. The smallest absolute Gasteiger partial charge is 0.251 e. The van der Waals surface area contributed by atoms with Crippen LogP contribution in [0, 0.1) is 12.7 Å². The normalized spacial score (nSPS) is 18.5. The molecule has 0 radical (unpaired) electrons. The number of rotatable bonds is 5. The van der Waals surface area contributed by atoms with Crippen molar-refractivity contribution >= 4 is 41.7 Å². The topological polar surface area (TPSA) is 70.1 Å². The van der Waals surface area contributed by atoms with E-state index in [1.165, 1.54) is 18.2 Å². The number of carbonyl (C=O) groups is 1. The van der Waals surface area contributed by atoms with E-state index in [0.717, 1.165) is 37.1 Å². The van der Waals surface area contributed by atoms with Crippen molar-refractivity contribution in [3.8, 4) is 0 Å². The van der Waals surface area contributed by atoms with Crippen LogP contribution in [-0.2, 0) is 0 Å². The van der Waals surface area contributed by atoms with E-state index < -0.39 is 5.82 Å². The Morgan fingerprint density at radius 1 is 1.21 bits per heavy atom. The quantitative estimate of drug-likeness (QED) is 0.726. The highest BCUT2D eigenvalue weighted by Gasteiger charge is 2.23. The fourth-order valence-corrected chi connectivity index (χ4v) is 3.54. The van der Waals surface area contributed by atoms with Crippen molar-refractivity contribution in [2.24, 2.45) is 0 Å². The average molecular weight is 442 g/mol. The fraction of sp³-hybridized carbons (Fsp3) is 0.450. The Morgan fingerprint density at radius 3 is 2.48 bits per heavy atom. The summed E-state index contributed by atoms with van der Waals surface area (Å²) in [6, 6.07) is 4.43. The molecule has 3 rings (SSSR count). The lowest BCUT2D eigenvalue weighted by molar-refractivity contribution is 0.0926. The van der Waals surface area contributed by atoms with E-state index in [0.29, 0.717) is 5.95 Å². The van der Waals surface area contributed by atoms with Crippen LogP contribution in [0.15, 0.2) is 24.4 Å². The first kappa shape index (κ1) is 23.2. The Hall–Kier alpha value is -2.12. The van der Waals surface area contributed by atoms with Gasteiger partial charge >= 0.3 is 0 Å². The lowest BCUT2D eigenvalue weighted by Gasteiger charge is -2.30. The molecular weight excluding hydrogens is 416 g/mol. The summed E-state index contributed by atoms with van der Waals surface area (Å²) in [5.41, 5.74) is 1.31. The second kappa shape index (κ2) is 10.1. The molecule has 1 aromatic carbocycles. The molecule has 1 fully saturated rings. The number of halogens is 3. The summed E-state index contributed by atoms with van der Waals surface area (Å²) in [5, 5.41) is 6.39. The third kappa shape index (κ3) is 5.93. The molecule has 1 aliphatic carbocycles. The highest BCUT2D eigenvalue weighted by atomic mass is 35.5. The van der Waals surface area contributed by atoms with Crippen molar-refractivity contribution in [2.75, 3.05) is 24.3 Å². The number of anilines is 2. The predicted octanol–water partition coefficient (Wildman–Crippen LogP) is 4.22. The van der Waals surface area contributed by atoms with Gasteiger partial charge in [0, 0.05) is 43.5 Å². The molecule has 0 unspecified atom stereocenters. The van der Waals surface area contributed by atoms with Crippen LogP contribution in [0.25, 0.3) is 0 Å². The average Bonchev–Trinajstić information content (AvgIpc) is 2.66. The molecule has 6 nitrogen and oxygen atoms in total. The van der Waals surface area contributed by atoms with Gasteiger partial charge < -0.3 is 15.5 Å². The molecule has 2 N–H and O–H groups in total. The molecular formula is C20H26Cl2FN5O. The molecule has 1 aliphatic rings. The largest absolute Gasteiger partial charge is 0.362 e. The highest BCUT2D eigenvalue weighted by molar-refractivity contribution is 6.30. The van der Waals surface area contributed by atoms with E-state index >= 15 is 0 Å². The van der Waals surface area contributed by atoms with Gasteiger partial charge in [0.25, 0.3) is 5.91 Å². The van der Waals surface area contributed by atoms with Gasteiger partial charge in [0.15, 0.2) is 0 Å². The Kier molecular flexibility index (Phi) is 8.05. The van der Waals surface area contributed by atoms with Crippen LogP contribution < -0.4 is 15.5 Å². The van der Waals surface area contributed by atoms with Crippen molar-refractivity contribution < 1.29 is 9.18 Å². The van der Waals surface area contributed by atoms with Crippen LogP contribution in [0.5, 0.6) is 0 Å². The number of hydrogen-bond donors (Lipinski definition) is 2. The van der Waals surface area contributed by atoms with Gasteiger partial charge in [-0.15, -0.1) is 12.4 Å². The number of aryl methyl sites for hydroxylation is 1. The van der Waals surface area contributed by atoms with Crippen molar-refractivity contribution in [1.29, 1.82) is 0 Å². The van der Waals surface area contributed by atoms with Crippen LogP contribution >= 0.6 is 24.0 Å². The minimum absolute atomic E-state index is 0. The molecule has 1 heterocycles. The maximum Gasteiger partial charge on any atom is 0.251 e. The molecule has 0 aliphatic heterocycles. The van der Waals surface area contributed by atoms with Crippen LogP contribution in [0.4, 0.5) is 16.2 Å². The maximum absolute atomic E-state index is 13.5. The molecule has 1 saturated carbocycles. The second-order valence-corrected chi connectivity index (χ2v) is 7.80. The molecule has 1 aromatic heterocycles. The lowest BCUT2D eigenvalue weighted by atomic mass is 9.91. The van der Waals surface area contributed by atoms with Gasteiger partial charge in [0.1, 0.15) is 11.6 Å². The van der Waals surface area contributed by atoms with Crippen molar-refractivity contribution in [3.63, 3.8) is 0 Å². The van der Waals surface area contributed by atoms with Gasteiger partial charge in [-0.25, -0.2) is 9.37 Å². The number of carbonyl (C=O) groups excluding carboxylic acids is 1. The first-order chi connectivity index (χ1) is 13.3. The van der Waals surface area contributed by atoms with Gasteiger partial charge in [0.05, 0.1) is 5.02 Å². The summed E-state index contributed by atoms with van der Waals surface area (Å²) in [6.07, 6.45) is 5.29. The lowest BCUT2D eigenvalue weighted by Crippen LogP contribution is -2.40. The van der Waals surface area contributed by atoms with E-state index in [4.69, 9.17) is 11.6 Å². The molecule has 1 amide bonds. The Balaban J connectivity index is 0.00000300. The summed E-state index contributed by atoms with van der Waals surface area (Å²) < 4.78 is 13.5. The number of nitrogens with zero attached hydrogens (tertiary/aromatic N) is 3. The minimum Gasteiger partial charge on any atom is -0.362 e. The third-order valence-electron chi connectivity index (χ3n) is 4.95. The molecule has 2 aromatic rings. The summed E-state index contributed by atoms with van der Waals surface area (Å²) in [5.74, 6) is 0.661. The standard InChI is InChI=1S/C20H25ClFN5O.ClH/c1-12-11-23-20(26-18(12)27(2)3)25-15-7-5-14(6-8-15)24-19(28)13-4-9-16(21)17(22)10-13;/h4,9-11,14-15H,5-8H2,1-3H3,(H,24,28)(H,23,25,26);1H. The molecule has 0 atom stereocenters. The van der Waals surface area contributed by atoms with Crippen molar-refractivity contribution in [1.82, 2.24) is 15.3 Å². The Morgan fingerprint density at radius 2 is 1.86 bits per heavy atom. The number of benzene rings is 1. The molecule has 9 heteroatoms. The SMILES string of the molecule is Cc1cnc(NC2CCC(NC(=O)c3ccc(Cl)c(F)c3)CC2)nc1N(C)C.Cl. The third-order valence-corrected chi connectivity index (χ3v) is 5.25. The van der Waals surface area contributed by atoms with Crippen molar-refractivity contribution in [2.45, 2.75) is 44.7 Å². The van der Waals surface area contributed by atoms with Gasteiger partial charge in [0.2, 0.25) is 5.95 Å². The fourth-order valence-electron chi connectivity index (χ4n) is 3.43. The Labute approximate surface area is 181 Å². The number of nitrogens with one attached hydrogen (secondary N) is 2. The number of hydrogen-bond acceptors (Lipinski definition) is 5. The van der Waals surface area contributed by atoms with Crippen molar-refractivity contribution in [3.05, 3.63) is 46.4 Å². The van der Waals surface area contributed by atoms with Crippen LogP contribution in [0.3, 0.4) is 0 Å². The van der Waals surface area contributed by atoms with Crippen LogP contribution in [0.1, 0.15) is 41.6 Å². The predicted molar refractivity (Wildman–Crippen MR) is 117 cm³/mol.